The fourth-order valence-electron chi connectivity index (χ4n) is 5.57. The van der Waals surface area contributed by atoms with Gasteiger partial charge in [-0.05, 0) is 54.6 Å². The van der Waals surface area contributed by atoms with Gasteiger partial charge in [0.2, 0.25) is 5.91 Å². The number of primary amides is 1. The van der Waals surface area contributed by atoms with Gasteiger partial charge in [0.25, 0.3) is 5.91 Å². The van der Waals surface area contributed by atoms with Gasteiger partial charge in [0, 0.05) is 10.4 Å². The summed E-state index contributed by atoms with van der Waals surface area (Å²) < 4.78 is 0. The van der Waals surface area contributed by atoms with Crippen LogP contribution in [0.4, 0.5) is 5.00 Å². The Balaban J connectivity index is 1.67. The van der Waals surface area contributed by atoms with E-state index < -0.39 is 23.7 Å². The molecule has 1 aromatic heterocycles. The van der Waals surface area contributed by atoms with E-state index in [1.807, 2.05) is 31.2 Å². The van der Waals surface area contributed by atoms with Crippen molar-refractivity contribution in [2.24, 2.45) is 29.4 Å². The lowest BCUT2D eigenvalue weighted by molar-refractivity contribution is -0.148. The summed E-state index contributed by atoms with van der Waals surface area (Å²) in [6, 6.07) is 8.04. The van der Waals surface area contributed by atoms with Crippen LogP contribution in [0.5, 0.6) is 0 Å². The molecule has 2 amide bonds. The van der Waals surface area contributed by atoms with Gasteiger partial charge in [-0.15, -0.1) is 11.3 Å². The first-order valence-electron chi connectivity index (χ1n) is 11.1. The minimum absolute atomic E-state index is 0.00915. The molecule has 2 aliphatic carbocycles. The zero-order chi connectivity index (χ0) is 23.4. The molecule has 170 valence electrons. The van der Waals surface area contributed by atoms with Gasteiger partial charge >= 0.3 is 5.97 Å². The Labute approximate surface area is 192 Å². The first-order chi connectivity index (χ1) is 15.0. The predicted molar refractivity (Wildman–Crippen MR) is 126 cm³/mol. The number of nitrogens with two attached hydrogens (primary N) is 1. The Hall–Kier alpha value is -2.67. The number of aliphatic carboxylic acids is 1. The fraction of sp³-hybridized carbons (Fsp3) is 0.480. The molecule has 2 fully saturated rings. The Kier molecular flexibility index (Phi) is 5.65. The highest BCUT2D eigenvalue weighted by molar-refractivity contribution is 7.17. The maximum Gasteiger partial charge on any atom is 0.307 e. The van der Waals surface area contributed by atoms with Crippen LogP contribution in [0.1, 0.15) is 60.8 Å². The number of amides is 2. The molecule has 0 radical (unpaired) electrons. The topological polar surface area (TPSA) is 109 Å². The molecule has 0 aliphatic heterocycles. The summed E-state index contributed by atoms with van der Waals surface area (Å²) in [4.78, 5) is 38.3. The SMILES string of the molecule is Cc1sc(NC(=O)[C@H]2[C@@H]3CC[C@@H](C3)[C@@H]2C(=O)O)c(C(N)=O)c1-c1ccc(C(C)(C)C)cc1. The molecule has 4 rings (SSSR count). The van der Waals surface area contributed by atoms with Crippen molar-refractivity contribution in [3.63, 3.8) is 0 Å². The van der Waals surface area contributed by atoms with Crippen molar-refractivity contribution >= 4 is 34.1 Å². The van der Waals surface area contributed by atoms with Gasteiger partial charge in [0.1, 0.15) is 5.00 Å². The van der Waals surface area contributed by atoms with Gasteiger partial charge in [-0.2, -0.15) is 0 Å². The van der Waals surface area contributed by atoms with E-state index in [-0.39, 0.29) is 23.2 Å². The molecule has 0 spiro atoms. The van der Waals surface area contributed by atoms with Gasteiger partial charge < -0.3 is 16.2 Å². The van der Waals surface area contributed by atoms with Crippen LogP contribution in [0, 0.1) is 30.6 Å². The normalized spacial score (nSPS) is 24.5. The highest BCUT2D eigenvalue weighted by Gasteiger charge is 2.54. The summed E-state index contributed by atoms with van der Waals surface area (Å²) in [7, 11) is 0. The van der Waals surface area contributed by atoms with E-state index in [1.54, 1.807) is 0 Å². The third-order valence-electron chi connectivity index (χ3n) is 7.11. The number of benzene rings is 1. The highest BCUT2D eigenvalue weighted by atomic mass is 32.1. The molecule has 1 aromatic carbocycles. The number of carboxylic acids is 1. The largest absolute Gasteiger partial charge is 0.481 e. The quantitative estimate of drug-likeness (QED) is 0.602. The van der Waals surface area contributed by atoms with E-state index in [9.17, 15) is 19.5 Å². The van der Waals surface area contributed by atoms with Crippen LogP contribution in [0.2, 0.25) is 0 Å². The van der Waals surface area contributed by atoms with Gasteiger partial charge in [-0.1, -0.05) is 45.0 Å². The van der Waals surface area contributed by atoms with Gasteiger partial charge in [0.05, 0.1) is 17.4 Å². The van der Waals surface area contributed by atoms with Gasteiger partial charge in [-0.25, -0.2) is 0 Å². The van der Waals surface area contributed by atoms with Crippen molar-refractivity contribution in [1.82, 2.24) is 0 Å². The van der Waals surface area contributed by atoms with E-state index in [4.69, 9.17) is 5.73 Å². The molecule has 4 N–H and O–H groups in total. The van der Waals surface area contributed by atoms with Gasteiger partial charge in [0.15, 0.2) is 0 Å². The number of rotatable bonds is 5. The predicted octanol–water partition coefficient (Wildman–Crippen LogP) is 4.81. The van der Waals surface area contributed by atoms with Crippen LogP contribution < -0.4 is 11.1 Å². The monoisotopic (exact) mass is 454 g/mol. The molecular formula is C25H30N2O4S. The fourth-order valence-corrected chi connectivity index (χ4v) is 6.66. The third kappa shape index (κ3) is 3.83. The lowest BCUT2D eigenvalue weighted by Gasteiger charge is -2.26. The number of nitrogens with one attached hydrogen (secondary N) is 1. The first kappa shape index (κ1) is 22.5. The lowest BCUT2D eigenvalue weighted by Crippen LogP contribution is -2.38. The van der Waals surface area contributed by atoms with Crippen molar-refractivity contribution in [1.29, 1.82) is 0 Å². The van der Waals surface area contributed by atoms with Crippen LogP contribution in [0.15, 0.2) is 24.3 Å². The molecule has 1 heterocycles. The van der Waals surface area contributed by atoms with Crippen LogP contribution >= 0.6 is 11.3 Å². The summed E-state index contributed by atoms with van der Waals surface area (Å²) in [5, 5.41) is 13.0. The minimum Gasteiger partial charge on any atom is -0.481 e. The highest BCUT2D eigenvalue weighted by Crippen LogP contribution is 2.53. The second-order valence-corrected chi connectivity index (χ2v) is 11.4. The Morgan fingerprint density at radius 2 is 1.66 bits per heavy atom. The molecule has 32 heavy (non-hydrogen) atoms. The molecule has 4 atom stereocenters. The smallest absolute Gasteiger partial charge is 0.307 e. The van der Waals surface area contributed by atoms with Crippen molar-refractivity contribution in [2.45, 2.75) is 52.4 Å². The maximum atomic E-state index is 13.2. The zero-order valence-corrected chi connectivity index (χ0v) is 19.7. The molecule has 2 saturated carbocycles. The number of aryl methyl sites for hydroxylation is 1. The van der Waals surface area contributed by atoms with E-state index in [2.05, 4.69) is 26.1 Å². The minimum atomic E-state index is -0.908. The number of carbonyl (C=O) groups excluding carboxylic acids is 2. The zero-order valence-electron chi connectivity index (χ0n) is 18.9. The van der Waals surface area contributed by atoms with Crippen molar-refractivity contribution < 1.29 is 19.5 Å². The molecule has 2 bridgehead atoms. The van der Waals surface area contributed by atoms with E-state index in [1.165, 1.54) is 16.9 Å². The molecule has 2 aromatic rings. The van der Waals surface area contributed by atoms with E-state index in [0.717, 1.165) is 35.3 Å². The second-order valence-electron chi connectivity index (χ2n) is 10.1. The molecule has 2 aliphatic rings. The average Bonchev–Trinajstić information content (AvgIpc) is 3.39. The van der Waals surface area contributed by atoms with Crippen LogP contribution in [0.3, 0.4) is 0 Å². The van der Waals surface area contributed by atoms with Crippen LogP contribution in [0.25, 0.3) is 11.1 Å². The number of fused-ring (bicyclic) bond motifs is 2. The average molecular weight is 455 g/mol. The lowest BCUT2D eigenvalue weighted by atomic mass is 9.78. The van der Waals surface area contributed by atoms with Crippen molar-refractivity contribution in [3.8, 4) is 11.1 Å². The second kappa shape index (κ2) is 8.03. The van der Waals surface area contributed by atoms with E-state index >= 15 is 0 Å². The standard InChI is InChI=1S/C25H30N2O4S/c1-12-17(13-7-9-16(10-8-13)25(2,3)4)20(21(26)28)23(32-12)27-22(29)18-14-5-6-15(11-14)19(18)24(30)31/h7-10,14-15,18-19H,5-6,11H2,1-4H3,(H2,26,28)(H,27,29)(H,30,31)/t14-,15+,18+,19+/m1/s1. The molecule has 6 nitrogen and oxygen atoms in total. The van der Waals surface area contributed by atoms with Crippen molar-refractivity contribution in [3.05, 3.63) is 40.3 Å². The van der Waals surface area contributed by atoms with E-state index in [0.29, 0.717) is 10.6 Å². The van der Waals surface area contributed by atoms with Crippen molar-refractivity contribution in [2.75, 3.05) is 5.32 Å². The number of thiophene rings is 1. The molecule has 0 unspecified atom stereocenters. The molecule has 0 saturated heterocycles. The number of hydrogen-bond donors (Lipinski definition) is 3. The summed E-state index contributed by atoms with van der Waals surface area (Å²) in [6.07, 6.45) is 2.53. The number of carboxylic acid groups (broad SMARTS) is 1. The number of carbonyl (C=O) groups is 3. The van der Waals surface area contributed by atoms with Gasteiger partial charge in [-0.3, -0.25) is 14.4 Å². The Morgan fingerprint density at radius 1 is 1.06 bits per heavy atom. The number of hydrogen-bond acceptors (Lipinski definition) is 4. The molecular weight excluding hydrogens is 424 g/mol. The Bertz CT molecular complexity index is 1080. The Morgan fingerprint density at radius 3 is 2.19 bits per heavy atom. The first-order valence-corrected chi connectivity index (χ1v) is 11.9. The van der Waals surface area contributed by atoms with Crippen LogP contribution in [-0.2, 0) is 15.0 Å². The summed E-state index contributed by atoms with van der Waals surface area (Å²) in [6.45, 7) is 8.32. The maximum absolute atomic E-state index is 13.2. The summed E-state index contributed by atoms with van der Waals surface area (Å²) >= 11 is 1.31. The van der Waals surface area contributed by atoms with Crippen LogP contribution in [-0.4, -0.2) is 22.9 Å². The molecule has 7 heteroatoms. The third-order valence-corrected chi connectivity index (χ3v) is 8.13. The summed E-state index contributed by atoms with van der Waals surface area (Å²) in [5.41, 5.74) is 8.82. The summed E-state index contributed by atoms with van der Waals surface area (Å²) in [5.74, 6) is -2.91. The number of anilines is 1.